The Morgan fingerprint density at radius 3 is 2.82 bits per heavy atom. The summed E-state index contributed by atoms with van der Waals surface area (Å²) in [5.41, 5.74) is 0.686. The lowest BCUT2D eigenvalue weighted by molar-refractivity contribution is 0.606. The molecule has 2 aromatic rings. The summed E-state index contributed by atoms with van der Waals surface area (Å²) < 4.78 is 14.5. The maximum atomic E-state index is 13.6. The largest absolute Gasteiger partial charge is 0.356 e. The van der Waals surface area contributed by atoms with Gasteiger partial charge >= 0.3 is 0 Å². The number of hydrogen-bond acceptors (Lipinski definition) is 2. The highest BCUT2D eigenvalue weighted by Crippen LogP contribution is 2.15. The van der Waals surface area contributed by atoms with E-state index in [9.17, 15) is 4.39 Å². The summed E-state index contributed by atoms with van der Waals surface area (Å²) in [5, 5.41) is 8.46. The molecule has 22 heavy (non-hydrogen) atoms. The van der Waals surface area contributed by atoms with Crippen LogP contribution in [0.3, 0.4) is 0 Å². The predicted octanol–water partition coefficient (Wildman–Crippen LogP) is 4.18. The van der Waals surface area contributed by atoms with E-state index in [1.54, 1.807) is 30.5 Å². The lowest BCUT2D eigenvalue weighted by Crippen LogP contribution is -2.37. The number of halogens is 3. The summed E-state index contributed by atoms with van der Waals surface area (Å²) in [6, 6.07) is 9.08. The Morgan fingerprint density at radius 2 is 2.14 bits per heavy atom. The quantitative estimate of drug-likeness (QED) is 0.369. The van der Waals surface area contributed by atoms with Crippen LogP contribution in [0.25, 0.3) is 0 Å². The van der Waals surface area contributed by atoms with Crippen LogP contribution in [0.4, 0.5) is 4.39 Å². The Bertz CT molecular complexity index is 605. The second-order valence-electron chi connectivity index (χ2n) is 4.42. The monoisotopic (exact) mass is 497 g/mol. The van der Waals surface area contributed by atoms with Crippen molar-refractivity contribution in [2.24, 2.45) is 4.99 Å². The number of benzene rings is 1. The average molecular weight is 498 g/mol. The summed E-state index contributed by atoms with van der Waals surface area (Å²) in [5.74, 6) is 0.542. The molecule has 7 heteroatoms. The number of thiophene rings is 1. The Hall–Kier alpha value is -0.670. The molecule has 0 aliphatic carbocycles. The van der Waals surface area contributed by atoms with E-state index >= 15 is 0 Å². The normalized spacial score (nSPS) is 11.0. The number of nitrogens with zero attached hydrogens (tertiary/aromatic N) is 1. The van der Waals surface area contributed by atoms with Crippen LogP contribution in [-0.2, 0) is 13.0 Å². The van der Waals surface area contributed by atoms with E-state index in [2.05, 4.69) is 37.6 Å². The van der Waals surface area contributed by atoms with Crippen molar-refractivity contribution in [2.75, 3.05) is 13.6 Å². The van der Waals surface area contributed by atoms with Crippen LogP contribution in [0.15, 0.2) is 45.2 Å². The van der Waals surface area contributed by atoms with Gasteiger partial charge in [0.1, 0.15) is 5.82 Å². The summed E-state index contributed by atoms with van der Waals surface area (Å²) in [7, 11) is 1.73. The highest BCUT2D eigenvalue weighted by atomic mass is 127. The van der Waals surface area contributed by atoms with Gasteiger partial charge < -0.3 is 10.6 Å². The van der Waals surface area contributed by atoms with Crippen LogP contribution in [0, 0.1) is 5.82 Å². The molecule has 120 valence electrons. The average Bonchev–Trinajstić information content (AvgIpc) is 2.99. The molecule has 0 radical (unpaired) electrons. The van der Waals surface area contributed by atoms with Gasteiger partial charge in [0.15, 0.2) is 5.96 Å². The van der Waals surface area contributed by atoms with Gasteiger partial charge in [-0.05, 0) is 41.6 Å². The van der Waals surface area contributed by atoms with Crippen molar-refractivity contribution in [3.63, 3.8) is 0 Å². The zero-order valence-electron chi connectivity index (χ0n) is 12.1. The van der Waals surface area contributed by atoms with Crippen molar-refractivity contribution in [3.8, 4) is 0 Å². The number of nitrogens with one attached hydrogen (secondary N) is 2. The Labute approximate surface area is 159 Å². The van der Waals surface area contributed by atoms with E-state index in [1.807, 2.05) is 11.4 Å². The molecule has 2 rings (SSSR count). The first-order valence-electron chi connectivity index (χ1n) is 6.60. The molecule has 0 unspecified atom stereocenters. The lowest BCUT2D eigenvalue weighted by atomic mass is 10.1. The number of aliphatic imine (C=N–C) groups is 1. The van der Waals surface area contributed by atoms with Crippen LogP contribution in [-0.4, -0.2) is 19.6 Å². The molecule has 0 saturated carbocycles. The van der Waals surface area contributed by atoms with Crippen molar-refractivity contribution in [1.29, 1.82) is 0 Å². The standard InChI is InChI=1S/C15H17BrFN3S.HI/c1-18-15(20-10-13-3-2-8-21-13)19-7-6-11-9-12(16)4-5-14(11)17;/h2-5,8-9H,6-7,10H2,1H3,(H2,18,19,20);1H. The molecule has 1 aromatic heterocycles. The third-order valence-corrected chi connectivity index (χ3v) is 4.30. The van der Waals surface area contributed by atoms with Crippen LogP contribution in [0.1, 0.15) is 10.4 Å². The SMILES string of the molecule is CN=C(NCCc1cc(Br)ccc1F)NCc1cccs1.I. The molecule has 0 fully saturated rings. The van der Waals surface area contributed by atoms with Crippen molar-refractivity contribution >= 4 is 57.2 Å². The zero-order chi connectivity index (χ0) is 15.1. The third kappa shape index (κ3) is 6.21. The number of hydrogen-bond donors (Lipinski definition) is 2. The fourth-order valence-electron chi connectivity index (χ4n) is 1.86. The number of rotatable bonds is 5. The van der Waals surface area contributed by atoms with Gasteiger partial charge in [0.2, 0.25) is 0 Å². The first kappa shape index (κ1) is 19.4. The van der Waals surface area contributed by atoms with Gasteiger partial charge in [0.05, 0.1) is 6.54 Å². The first-order chi connectivity index (χ1) is 10.2. The van der Waals surface area contributed by atoms with Gasteiger partial charge in [-0.15, -0.1) is 35.3 Å². The second-order valence-corrected chi connectivity index (χ2v) is 6.37. The van der Waals surface area contributed by atoms with Gasteiger partial charge in [-0.3, -0.25) is 4.99 Å². The first-order valence-corrected chi connectivity index (χ1v) is 8.27. The molecule has 0 aliphatic rings. The van der Waals surface area contributed by atoms with Crippen LogP contribution >= 0.6 is 51.2 Å². The molecular formula is C15H18BrFIN3S. The molecule has 0 aliphatic heterocycles. The van der Waals surface area contributed by atoms with Gasteiger partial charge in [-0.1, -0.05) is 22.0 Å². The van der Waals surface area contributed by atoms with Gasteiger partial charge in [0, 0.05) is 22.9 Å². The highest BCUT2D eigenvalue weighted by Gasteiger charge is 2.04. The smallest absolute Gasteiger partial charge is 0.191 e. The zero-order valence-corrected chi connectivity index (χ0v) is 16.8. The fourth-order valence-corrected chi connectivity index (χ4v) is 2.91. The van der Waals surface area contributed by atoms with E-state index in [0.717, 1.165) is 17.0 Å². The van der Waals surface area contributed by atoms with Crippen molar-refractivity contribution in [2.45, 2.75) is 13.0 Å². The minimum atomic E-state index is -0.179. The molecule has 1 aromatic carbocycles. The van der Waals surface area contributed by atoms with Gasteiger partial charge in [-0.2, -0.15) is 0 Å². The summed E-state index contributed by atoms with van der Waals surface area (Å²) >= 11 is 5.06. The van der Waals surface area contributed by atoms with Crippen LogP contribution in [0.5, 0.6) is 0 Å². The Balaban J connectivity index is 0.00000242. The lowest BCUT2D eigenvalue weighted by Gasteiger charge is -2.11. The predicted molar refractivity (Wildman–Crippen MR) is 106 cm³/mol. The fraction of sp³-hybridized carbons (Fsp3) is 0.267. The topological polar surface area (TPSA) is 36.4 Å². The molecule has 3 nitrogen and oxygen atoms in total. The number of guanidine groups is 1. The molecule has 0 atom stereocenters. The highest BCUT2D eigenvalue weighted by molar-refractivity contribution is 14.0. The summed E-state index contributed by atoms with van der Waals surface area (Å²) in [4.78, 5) is 5.40. The molecule has 1 heterocycles. The van der Waals surface area contributed by atoms with Crippen molar-refractivity contribution in [1.82, 2.24) is 10.6 Å². The molecule has 2 N–H and O–H groups in total. The summed E-state index contributed by atoms with van der Waals surface area (Å²) in [6.07, 6.45) is 0.602. The second kappa shape index (κ2) is 10.2. The Kier molecular flexibility index (Phi) is 8.96. The van der Waals surface area contributed by atoms with Crippen molar-refractivity contribution < 1.29 is 4.39 Å². The van der Waals surface area contributed by atoms with Crippen molar-refractivity contribution in [3.05, 3.63) is 56.4 Å². The van der Waals surface area contributed by atoms with Gasteiger partial charge in [-0.25, -0.2) is 4.39 Å². The van der Waals surface area contributed by atoms with Crippen LogP contribution in [0.2, 0.25) is 0 Å². The molecule has 0 amide bonds. The van der Waals surface area contributed by atoms with E-state index in [4.69, 9.17) is 0 Å². The molecule has 0 saturated heterocycles. The van der Waals surface area contributed by atoms with Crippen LogP contribution < -0.4 is 10.6 Å². The van der Waals surface area contributed by atoms with E-state index in [-0.39, 0.29) is 29.8 Å². The summed E-state index contributed by atoms with van der Waals surface area (Å²) in [6.45, 7) is 1.36. The minimum Gasteiger partial charge on any atom is -0.356 e. The minimum absolute atomic E-state index is 0. The van der Waals surface area contributed by atoms with Gasteiger partial charge in [0.25, 0.3) is 0 Å². The maximum Gasteiger partial charge on any atom is 0.191 e. The van der Waals surface area contributed by atoms with E-state index < -0.39 is 0 Å². The van der Waals surface area contributed by atoms with E-state index in [0.29, 0.717) is 18.5 Å². The Morgan fingerprint density at radius 1 is 1.32 bits per heavy atom. The molecule has 0 bridgehead atoms. The maximum absolute atomic E-state index is 13.6. The molecule has 0 spiro atoms. The van der Waals surface area contributed by atoms with E-state index in [1.165, 1.54) is 10.9 Å². The molecular weight excluding hydrogens is 480 g/mol. The third-order valence-electron chi connectivity index (χ3n) is 2.93.